The summed E-state index contributed by atoms with van der Waals surface area (Å²) in [7, 11) is 0. The van der Waals surface area contributed by atoms with Gasteiger partial charge in [-0.1, -0.05) is 53.2 Å². The van der Waals surface area contributed by atoms with Gasteiger partial charge in [-0.15, -0.1) is 0 Å². The van der Waals surface area contributed by atoms with Gasteiger partial charge in [0.2, 0.25) is 0 Å². The molecule has 35 heavy (non-hydrogen) atoms. The second-order valence-electron chi connectivity index (χ2n) is 15.1. The van der Waals surface area contributed by atoms with E-state index in [9.17, 15) is 25.2 Å². The molecule has 0 bridgehead atoms. The second kappa shape index (κ2) is 7.57. The fraction of sp³-hybridized carbons (Fsp3) is 0.900. The molecule has 10 atom stereocenters. The van der Waals surface area contributed by atoms with Crippen LogP contribution in [0.25, 0.3) is 0 Å². The quantitative estimate of drug-likeness (QED) is 0.402. The van der Waals surface area contributed by atoms with Crippen LogP contribution in [0.4, 0.5) is 0 Å². The fourth-order valence-corrected chi connectivity index (χ4v) is 10.8. The van der Waals surface area contributed by atoms with Crippen molar-refractivity contribution in [3.8, 4) is 0 Å². The molecule has 4 fully saturated rings. The molecular weight excluding hydrogens is 440 g/mol. The summed E-state index contributed by atoms with van der Waals surface area (Å²) in [5.74, 6) is -0.0472. The number of allylic oxidation sites excluding steroid dienone is 2. The predicted octanol–water partition coefficient (Wildman–Crippen LogP) is 5.18. The number of hydrogen-bond acceptors (Lipinski definition) is 4. The SMILES string of the molecule is CC1(C)CC[C@]2(C(=O)O)CC[C@]3(C)C(=CC[C@@H]4[C@@]5(C)C[C@H](O)[C@H](O)[C@@](C)(CO)C5CC[C@]43C)[C@@H]2C1. The van der Waals surface area contributed by atoms with Gasteiger partial charge in [-0.25, -0.2) is 0 Å². The fourth-order valence-electron chi connectivity index (χ4n) is 10.8. The Hall–Kier alpha value is -0.910. The molecule has 4 N–H and O–H groups in total. The number of hydrogen-bond donors (Lipinski definition) is 4. The normalized spacial score (nSPS) is 55.0. The molecule has 0 spiro atoms. The maximum absolute atomic E-state index is 12.8. The van der Waals surface area contributed by atoms with Gasteiger partial charge in [-0.05, 0) is 97.2 Å². The standard InChI is InChI=1S/C30H48O5/c1-25(2)11-13-30(24(34)35)14-12-28(5)18(19(30)15-25)7-8-22-26(3)16-20(32)23(33)27(4,17-31)21(26)9-10-29(22,28)6/h7,19-23,31-33H,8-17H2,1-6H3,(H,34,35)/t19-,20-,21?,22+,23-,26-,27-,28+,29+,30-/m0/s1. The van der Waals surface area contributed by atoms with E-state index in [-0.39, 0.29) is 40.1 Å². The Kier molecular flexibility index (Phi) is 5.56. The Balaban J connectivity index is 1.61. The van der Waals surface area contributed by atoms with Crippen LogP contribution >= 0.6 is 0 Å². The number of aliphatic carboxylic acids is 1. The number of aliphatic hydroxyl groups excluding tert-OH is 3. The molecule has 5 rings (SSSR count). The number of carboxylic acids is 1. The highest BCUT2D eigenvalue weighted by Gasteiger charge is 2.70. The van der Waals surface area contributed by atoms with E-state index < -0.39 is 29.0 Å². The van der Waals surface area contributed by atoms with Gasteiger partial charge in [0.25, 0.3) is 0 Å². The van der Waals surface area contributed by atoms with E-state index in [4.69, 9.17) is 0 Å². The first-order valence-electron chi connectivity index (χ1n) is 14.0. The first-order valence-corrected chi connectivity index (χ1v) is 14.0. The summed E-state index contributed by atoms with van der Waals surface area (Å²) in [5, 5.41) is 42.8. The first kappa shape index (κ1) is 25.7. The van der Waals surface area contributed by atoms with Crippen molar-refractivity contribution in [2.45, 2.75) is 112 Å². The van der Waals surface area contributed by atoms with Gasteiger partial charge in [0.1, 0.15) is 0 Å². The molecule has 0 aliphatic heterocycles. The minimum atomic E-state index is -0.907. The number of rotatable bonds is 2. The Morgan fingerprint density at radius 3 is 2.23 bits per heavy atom. The zero-order chi connectivity index (χ0) is 25.8. The first-order chi connectivity index (χ1) is 16.1. The van der Waals surface area contributed by atoms with Crippen molar-refractivity contribution in [2.24, 2.45) is 50.2 Å². The summed E-state index contributed by atoms with van der Waals surface area (Å²) in [6, 6.07) is 0. The average molecular weight is 489 g/mol. The maximum Gasteiger partial charge on any atom is 0.310 e. The summed E-state index contributed by atoms with van der Waals surface area (Å²) < 4.78 is 0. The Bertz CT molecular complexity index is 941. The van der Waals surface area contributed by atoms with Crippen molar-refractivity contribution >= 4 is 5.97 Å². The second-order valence-corrected chi connectivity index (χ2v) is 15.1. The number of aliphatic hydroxyl groups is 3. The molecular formula is C30H48O5. The monoisotopic (exact) mass is 488 g/mol. The van der Waals surface area contributed by atoms with Crippen LogP contribution in [0.3, 0.4) is 0 Å². The molecule has 5 aliphatic carbocycles. The zero-order valence-electron chi connectivity index (χ0n) is 22.7. The van der Waals surface area contributed by atoms with Crippen LogP contribution in [-0.4, -0.2) is 45.2 Å². The maximum atomic E-state index is 12.8. The van der Waals surface area contributed by atoms with Crippen LogP contribution in [0, 0.1) is 50.2 Å². The predicted molar refractivity (Wildman–Crippen MR) is 135 cm³/mol. The molecule has 0 saturated heterocycles. The minimum Gasteiger partial charge on any atom is -0.481 e. The summed E-state index contributed by atoms with van der Waals surface area (Å²) in [5.41, 5.74) is -0.0632. The van der Waals surface area contributed by atoms with Gasteiger partial charge in [-0.3, -0.25) is 4.79 Å². The number of carboxylic acid groups (broad SMARTS) is 1. The van der Waals surface area contributed by atoms with Crippen LogP contribution in [0.1, 0.15) is 99.3 Å². The average Bonchev–Trinajstić information content (AvgIpc) is 2.77. The third-order valence-electron chi connectivity index (χ3n) is 13.2. The van der Waals surface area contributed by atoms with Crippen molar-refractivity contribution in [1.29, 1.82) is 0 Å². The van der Waals surface area contributed by atoms with Gasteiger partial charge in [0.05, 0.1) is 24.2 Å². The van der Waals surface area contributed by atoms with Crippen molar-refractivity contribution in [3.63, 3.8) is 0 Å². The van der Waals surface area contributed by atoms with E-state index >= 15 is 0 Å². The molecule has 0 radical (unpaired) electrons. The summed E-state index contributed by atoms with van der Waals surface area (Å²) in [6.45, 7) is 13.6. The van der Waals surface area contributed by atoms with Gasteiger partial charge >= 0.3 is 5.97 Å². The molecule has 0 heterocycles. The van der Waals surface area contributed by atoms with E-state index in [2.05, 4.69) is 40.7 Å². The topological polar surface area (TPSA) is 98.0 Å². The lowest BCUT2D eigenvalue weighted by Crippen LogP contribution is -2.68. The minimum absolute atomic E-state index is 0.00698. The largest absolute Gasteiger partial charge is 0.481 e. The van der Waals surface area contributed by atoms with E-state index in [0.29, 0.717) is 12.3 Å². The zero-order valence-corrected chi connectivity index (χ0v) is 22.7. The molecule has 5 aliphatic rings. The molecule has 1 unspecified atom stereocenters. The van der Waals surface area contributed by atoms with Crippen LogP contribution in [0.5, 0.6) is 0 Å². The van der Waals surface area contributed by atoms with Crippen molar-refractivity contribution in [1.82, 2.24) is 0 Å². The molecule has 4 saturated carbocycles. The number of fused-ring (bicyclic) bond motifs is 7. The summed E-state index contributed by atoms with van der Waals surface area (Å²) in [4.78, 5) is 12.8. The molecule has 0 aromatic rings. The highest BCUT2D eigenvalue weighted by atomic mass is 16.4. The smallest absolute Gasteiger partial charge is 0.310 e. The van der Waals surface area contributed by atoms with Gasteiger partial charge in [0, 0.05) is 5.41 Å². The van der Waals surface area contributed by atoms with Crippen LogP contribution < -0.4 is 0 Å². The summed E-state index contributed by atoms with van der Waals surface area (Å²) >= 11 is 0. The number of carbonyl (C=O) groups is 1. The van der Waals surface area contributed by atoms with Gasteiger partial charge in [0.15, 0.2) is 0 Å². The molecule has 0 aromatic carbocycles. The molecule has 5 nitrogen and oxygen atoms in total. The van der Waals surface area contributed by atoms with Gasteiger partial charge in [-0.2, -0.15) is 0 Å². The van der Waals surface area contributed by atoms with Crippen LogP contribution in [-0.2, 0) is 4.79 Å². The van der Waals surface area contributed by atoms with Crippen molar-refractivity contribution in [3.05, 3.63) is 11.6 Å². The Labute approximate surface area is 211 Å². The van der Waals surface area contributed by atoms with E-state index in [1.165, 1.54) is 5.57 Å². The molecule has 0 amide bonds. The highest BCUT2D eigenvalue weighted by Crippen LogP contribution is 2.75. The van der Waals surface area contributed by atoms with Crippen molar-refractivity contribution in [2.75, 3.05) is 6.61 Å². The molecule has 5 heteroatoms. The van der Waals surface area contributed by atoms with Gasteiger partial charge < -0.3 is 20.4 Å². The summed E-state index contributed by atoms with van der Waals surface area (Å²) in [6.07, 6.45) is 8.40. The highest BCUT2D eigenvalue weighted by molar-refractivity contribution is 5.76. The van der Waals surface area contributed by atoms with E-state index in [0.717, 1.165) is 51.4 Å². The van der Waals surface area contributed by atoms with E-state index in [1.807, 2.05) is 6.92 Å². The van der Waals surface area contributed by atoms with E-state index in [1.54, 1.807) is 0 Å². The lowest BCUT2D eigenvalue weighted by Gasteiger charge is -2.71. The third-order valence-corrected chi connectivity index (χ3v) is 13.2. The lowest BCUT2D eigenvalue weighted by atomic mass is 9.33. The van der Waals surface area contributed by atoms with Crippen LogP contribution in [0.15, 0.2) is 11.6 Å². The molecule has 198 valence electrons. The van der Waals surface area contributed by atoms with Crippen molar-refractivity contribution < 1.29 is 25.2 Å². The lowest BCUT2D eigenvalue weighted by molar-refractivity contribution is -0.243. The molecule has 0 aromatic heterocycles. The van der Waals surface area contributed by atoms with Crippen LogP contribution in [0.2, 0.25) is 0 Å². The third kappa shape index (κ3) is 3.07. The Morgan fingerprint density at radius 1 is 0.943 bits per heavy atom. The Morgan fingerprint density at radius 2 is 1.60 bits per heavy atom.